The summed E-state index contributed by atoms with van der Waals surface area (Å²) in [4.78, 5) is 21.5. The zero-order valence-electron chi connectivity index (χ0n) is 15.4. The highest BCUT2D eigenvalue weighted by Gasteiger charge is 2.46. The molecule has 0 unspecified atom stereocenters. The number of benzene rings is 1. The minimum Gasteiger partial charge on any atom is -0.338 e. The predicted octanol–water partition coefficient (Wildman–Crippen LogP) is 2.76. The molecule has 0 aliphatic carbocycles. The second kappa shape index (κ2) is 7.89. The van der Waals surface area contributed by atoms with Crippen LogP contribution in [-0.2, 0) is 17.8 Å². The molecule has 1 aromatic heterocycles. The number of nitrogens with zero attached hydrogens (tertiary/aromatic N) is 4. The van der Waals surface area contributed by atoms with Crippen molar-refractivity contribution in [2.24, 2.45) is 0 Å². The third kappa shape index (κ3) is 3.86. The van der Waals surface area contributed by atoms with Gasteiger partial charge >= 0.3 is 0 Å². The van der Waals surface area contributed by atoms with E-state index in [1.54, 1.807) is 0 Å². The minimum atomic E-state index is 0.288. The van der Waals surface area contributed by atoms with E-state index in [2.05, 4.69) is 20.9 Å². The van der Waals surface area contributed by atoms with Crippen molar-refractivity contribution in [3.63, 3.8) is 0 Å². The first-order valence-corrected chi connectivity index (χ1v) is 9.67. The largest absolute Gasteiger partial charge is 0.338 e. The van der Waals surface area contributed by atoms with Gasteiger partial charge in [0.05, 0.1) is 11.6 Å². The zero-order chi connectivity index (χ0) is 18.6. The molecule has 3 heterocycles. The van der Waals surface area contributed by atoms with Crippen LogP contribution in [0.5, 0.6) is 0 Å². The van der Waals surface area contributed by atoms with Crippen molar-refractivity contribution in [1.82, 2.24) is 14.8 Å². The van der Waals surface area contributed by atoms with Crippen molar-refractivity contribution < 1.29 is 4.79 Å². The molecule has 2 aliphatic heterocycles. The van der Waals surface area contributed by atoms with Gasteiger partial charge in [-0.3, -0.25) is 14.7 Å². The molecule has 2 atom stereocenters. The number of rotatable bonds is 6. The quantitative estimate of drug-likeness (QED) is 0.795. The molecule has 2 aromatic rings. The highest BCUT2D eigenvalue weighted by atomic mass is 16.2. The van der Waals surface area contributed by atoms with Crippen molar-refractivity contribution in [2.45, 2.75) is 44.3 Å². The summed E-state index contributed by atoms with van der Waals surface area (Å²) in [6.07, 6.45) is 5.38. The number of hydrogen-bond donors (Lipinski definition) is 0. The fourth-order valence-corrected chi connectivity index (χ4v) is 4.39. The fourth-order valence-electron chi connectivity index (χ4n) is 4.39. The monoisotopic (exact) mass is 360 g/mol. The molecule has 2 fully saturated rings. The first-order chi connectivity index (χ1) is 13.2. The van der Waals surface area contributed by atoms with Crippen LogP contribution in [0.3, 0.4) is 0 Å². The Balaban J connectivity index is 1.34. The van der Waals surface area contributed by atoms with E-state index in [-0.39, 0.29) is 5.91 Å². The van der Waals surface area contributed by atoms with E-state index in [1.807, 2.05) is 48.7 Å². The van der Waals surface area contributed by atoms with Gasteiger partial charge in [-0.2, -0.15) is 5.26 Å². The summed E-state index contributed by atoms with van der Waals surface area (Å²) >= 11 is 0. The maximum atomic E-state index is 12.6. The molecule has 1 aromatic carbocycles. The summed E-state index contributed by atoms with van der Waals surface area (Å²) in [5.41, 5.74) is 2.98. The second-order valence-electron chi connectivity index (χ2n) is 7.42. The molecule has 5 nitrogen and oxygen atoms in total. The number of fused-ring (bicyclic) bond motifs is 1. The summed E-state index contributed by atoms with van der Waals surface area (Å²) in [6, 6.07) is 16.6. The number of likely N-dealkylation sites (tertiary alicyclic amines) is 2. The van der Waals surface area contributed by atoms with Gasteiger partial charge in [0.2, 0.25) is 5.91 Å². The van der Waals surface area contributed by atoms with Crippen LogP contribution < -0.4 is 0 Å². The van der Waals surface area contributed by atoms with E-state index >= 15 is 0 Å². The Bertz CT molecular complexity index is 828. The Morgan fingerprint density at radius 3 is 2.74 bits per heavy atom. The highest BCUT2D eigenvalue weighted by Crippen LogP contribution is 2.33. The van der Waals surface area contributed by atoms with Crippen molar-refractivity contribution in [3.05, 3.63) is 65.5 Å². The van der Waals surface area contributed by atoms with Crippen molar-refractivity contribution in [2.75, 3.05) is 13.1 Å². The Labute approximate surface area is 160 Å². The van der Waals surface area contributed by atoms with Crippen LogP contribution in [-0.4, -0.2) is 45.9 Å². The predicted molar refractivity (Wildman–Crippen MR) is 103 cm³/mol. The van der Waals surface area contributed by atoms with Crippen molar-refractivity contribution in [1.29, 1.82) is 5.26 Å². The third-order valence-electron chi connectivity index (χ3n) is 5.76. The topological polar surface area (TPSA) is 60.2 Å². The van der Waals surface area contributed by atoms with Crippen LogP contribution >= 0.6 is 0 Å². The van der Waals surface area contributed by atoms with Gasteiger partial charge < -0.3 is 4.90 Å². The van der Waals surface area contributed by atoms with Crippen LogP contribution in [0, 0.1) is 11.3 Å². The third-order valence-corrected chi connectivity index (χ3v) is 5.76. The van der Waals surface area contributed by atoms with E-state index < -0.39 is 0 Å². The van der Waals surface area contributed by atoms with E-state index in [4.69, 9.17) is 5.26 Å². The summed E-state index contributed by atoms with van der Waals surface area (Å²) in [5, 5.41) is 8.93. The summed E-state index contributed by atoms with van der Waals surface area (Å²) in [7, 11) is 0. The maximum Gasteiger partial charge on any atom is 0.224 e. The number of aromatic nitrogens is 1. The van der Waals surface area contributed by atoms with Crippen LogP contribution in [0.15, 0.2) is 48.7 Å². The molecule has 1 amide bonds. The van der Waals surface area contributed by atoms with Gasteiger partial charge in [0.1, 0.15) is 0 Å². The molecular formula is C22H24N4O. The lowest BCUT2D eigenvalue weighted by molar-refractivity contribution is -0.129. The molecule has 0 radical (unpaired) electrons. The summed E-state index contributed by atoms with van der Waals surface area (Å²) < 4.78 is 0. The van der Waals surface area contributed by atoms with E-state index in [1.165, 1.54) is 5.56 Å². The average Bonchev–Trinajstić information content (AvgIpc) is 3.23. The van der Waals surface area contributed by atoms with Gasteiger partial charge in [-0.15, -0.1) is 0 Å². The van der Waals surface area contributed by atoms with Crippen LogP contribution in [0.2, 0.25) is 0 Å². The highest BCUT2D eigenvalue weighted by molar-refractivity contribution is 5.80. The van der Waals surface area contributed by atoms with Crippen LogP contribution in [0.4, 0.5) is 0 Å². The lowest BCUT2D eigenvalue weighted by Crippen LogP contribution is -2.37. The number of hydrogen-bond acceptors (Lipinski definition) is 4. The summed E-state index contributed by atoms with van der Waals surface area (Å²) in [5.74, 6) is 0.288. The summed E-state index contributed by atoms with van der Waals surface area (Å²) in [6.45, 7) is 2.70. The molecule has 2 aliphatic rings. The fraction of sp³-hybridized carbons (Fsp3) is 0.409. The minimum absolute atomic E-state index is 0.288. The Kier molecular flexibility index (Phi) is 5.17. The second-order valence-corrected chi connectivity index (χ2v) is 7.42. The van der Waals surface area contributed by atoms with Crippen LogP contribution in [0.1, 0.15) is 36.1 Å². The number of pyridine rings is 1. The molecule has 0 saturated carbocycles. The van der Waals surface area contributed by atoms with E-state index in [0.717, 1.165) is 44.6 Å². The van der Waals surface area contributed by atoms with E-state index in [9.17, 15) is 4.79 Å². The van der Waals surface area contributed by atoms with E-state index in [0.29, 0.717) is 24.1 Å². The Hall–Kier alpha value is -2.71. The lowest BCUT2D eigenvalue weighted by Gasteiger charge is -2.25. The average molecular weight is 360 g/mol. The first kappa shape index (κ1) is 17.7. The molecule has 2 saturated heterocycles. The molecule has 0 N–H and O–H groups in total. The molecule has 0 bridgehead atoms. The van der Waals surface area contributed by atoms with Gasteiger partial charge in [0.25, 0.3) is 0 Å². The Morgan fingerprint density at radius 2 is 2.00 bits per heavy atom. The van der Waals surface area contributed by atoms with Gasteiger partial charge in [0, 0.05) is 50.0 Å². The van der Waals surface area contributed by atoms with Gasteiger partial charge in [-0.25, -0.2) is 0 Å². The smallest absolute Gasteiger partial charge is 0.224 e. The number of carbonyl (C=O) groups excluding carboxylic acids is 1. The molecule has 4 rings (SSSR count). The SMILES string of the molecule is N#Cc1ccc(CN2CC[C@H]3[C@@H]2CC(=O)N3CCCc2ccccn2)cc1. The van der Waals surface area contributed by atoms with Gasteiger partial charge in [-0.05, 0) is 49.1 Å². The number of carbonyl (C=O) groups is 1. The number of amides is 1. The number of aryl methyl sites for hydroxylation is 1. The van der Waals surface area contributed by atoms with Crippen LogP contribution in [0.25, 0.3) is 0 Å². The lowest BCUT2D eigenvalue weighted by atomic mass is 10.1. The van der Waals surface area contributed by atoms with Crippen molar-refractivity contribution in [3.8, 4) is 6.07 Å². The molecule has 138 valence electrons. The zero-order valence-corrected chi connectivity index (χ0v) is 15.4. The first-order valence-electron chi connectivity index (χ1n) is 9.67. The standard InChI is InChI=1S/C22H24N4O/c23-15-17-6-8-18(9-7-17)16-25-13-10-20-21(25)14-22(27)26(20)12-3-5-19-4-1-2-11-24-19/h1-2,4,6-9,11,20-21H,3,5,10,12-14,16H2/t20-,21-/m0/s1. The van der Waals surface area contributed by atoms with Crippen molar-refractivity contribution >= 4 is 5.91 Å². The molecule has 27 heavy (non-hydrogen) atoms. The number of nitriles is 1. The van der Waals surface area contributed by atoms with Gasteiger partial charge in [0.15, 0.2) is 0 Å². The molecule has 5 heteroatoms. The molecular weight excluding hydrogens is 336 g/mol. The normalized spacial score (nSPS) is 22.0. The van der Waals surface area contributed by atoms with Gasteiger partial charge in [-0.1, -0.05) is 18.2 Å². The maximum absolute atomic E-state index is 12.6. The molecule has 0 spiro atoms. The Morgan fingerprint density at radius 1 is 1.15 bits per heavy atom.